The van der Waals surface area contributed by atoms with E-state index in [1.807, 2.05) is 41.8 Å². The van der Waals surface area contributed by atoms with Crippen molar-refractivity contribution in [2.24, 2.45) is 0 Å². The third-order valence-corrected chi connectivity index (χ3v) is 5.08. The Balaban J connectivity index is 1.75. The van der Waals surface area contributed by atoms with E-state index in [4.69, 9.17) is 10.5 Å². The van der Waals surface area contributed by atoms with Crippen LogP contribution in [0.5, 0.6) is 5.75 Å². The summed E-state index contributed by atoms with van der Waals surface area (Å²) in [6.45, 7) is 0.513. The molecule has 0 saturated heterocycles. The van der Waals surface area contributed by atoms with Crippen LogP contribution >= 0.6 is 23.1 Å². The van der Waals surface area contributed by atoms with Gasteiger partial charge in [0.25, 0.3) is 0 Å². The van der Waals surface area contributed by atoms with Gasteiger partial charge in [0.2, 0.25) is 17.0 Å². The first kappa shape index (κ1) is 17.3. The number of nitrogen functional groups attached to an aromatic ring is 1. The zero-order valence-corrected chi connectivity index (χ0v) is 15.1. The van der Waals surface area contributed by atoms with E-state index in [1.165, 1.54) is 11.8 Å². The van der Waals surface area contributed by atoms with Gasteiger partial charge in [-0.05, 0) is 35.7 Å². The van der Waals surface area contributed by atoms with E-state index in [9.17, 15) is 4.79 Å². The van der Waals surface area contributed by atoms with Gasteiger partial charge < -0.3 is 15.4 Å². The summed E-state index contributed by atoms with van der Waals surface area (Å²) in [5.74, 6) is 1.17. The van der Waals surface area contributed by atoms with Crippen molar-refractivity contribution in [2.45, 2.75) is 11.7 Å². The van der Waals surface area contributed by atoms with E-state index < -0.39 is 0 Å². The van der Waals surface area contributed by atoms with Crippen LogP contribution in [0.1, 0.15) is 4.88 Å². The number of nitrogens with one attached hydrogen (secondary N) is 1. The van der Waals surface area contributed by atoms with Crippen LogP contribution in [-0.2, 0) is 11.3 Å². The van der Waals surface area contributed by atoms with Crippen molar-refractivity contribution in [3.8, 4) is 5.75 Å². The van der Waals surface area contributed by atoms with Crippen molar-refractivity contribution in [1.82, 2.24) is 15.2 Å². The molecule has 3 aromatic rings. The Hall–Kier alpha value is -2.52. The number of benzene rings is 1. The molecule has 25 heavy (non-hydrogen) atoms. The summed E-state index contributed by atoms with van der Waals surface area (Å²) >= 11 is 2.86. The summed E-state index contributed by atoms with van der Waals surface area (Å²) in [7, 11) is 1.61. The Bertz CT molecular complexity index is 817. The number of anilines is 2. The number of hydrogen-bond donors (Lipinski definition) is 2. The van der Waals surface area contributed by atoms with E-state index in [0.717, 1.165) is 16.3 Å². The van der Waals surface area contributed by atoms with Gasteiger partial charge in [0.05, 0.1) is 19.4 Å². The summed E-state index contributed by atoms with van der Waals surface area (Å²) < 4.78 is 5.19. The largest absolute Gasteiger partial charge is 0.497 e. The second-order valence-electron chi connectivity index (χ2n) is 5.05. The van der Waals surface area contributed by atoms with Gasteiger partial charge in [-0.1, -0.05) is 17.8 Å². The normalized spacial score (nSPS) is 10.6. The van der Waals surface area contributed by atoms with Gasteiger partial charge >= 0.3 is 0 Å². The molecule has 0 spiro atoms. The number of ether oxygens (including phenoxy) is 1. The van der Waals surface area contributed by atoms with Crippen LogP contribution in [-0.4, -0.2) is 34.0 Å². The number of rotatable bonds is 7. The Morgan fingerprint density at radius 2 is 2.16 bits per heavy atom. The summed E-state index contributed by atoms with van der Waals surface area (Å²) in [4.78, 5) is 19.6. The van der Waals surface area contributed by atoms with Crippen LogP contribution in [0, 0.1) is 0 Å². The van der Waals surface area contributed by atoms with Gasteiger partial charge in [0, 0.05) is 10.6 Å². The highest BCUT2D eigenvalue weighted by Gasteiger charge is 2.18. The monoisotopic (exact) mass is 375 g/mol. The molecule has 1 amide bonds. The lowest BCUT2D eigenvalue weighted by Gasteiger charge is -2.22. The molecular formula is C16H17N5O2S2. The minimum atomic E-state index is -0.0352. The van der Waals surface area contributed by atoms with E-state index >= 15 is 0 Å². The molecule has 0 fully saturated rings. The minimum absolute atomic E-state index is 0.0352. The van der Waals surface area contributed by atoms with Gasteiger partial charge in [-0.3, -0.25) is 4.79 Å². The first-order chi connectivity index (χ1) is 12.2. The highest BCUT2D eigenvalue weighted by Crippen LogP contribution is 2.24. The molecule has 0 aliphatic rings. The number of nitrogens with two attached hydrogens (primary N) is 1. The number of aromatic nitrogens is 3. The zero-order chi connectivity index (χ0) is 17.6. The number of hydrogen-bond acceptors (Lipinski definition) is 7. The minimum Gasteiger partial charge on any atom is -0.497 e. The molecule has 3 N–H and O–H groups in total. The number of H-pyrrole nitrogens is 1. The van der Waals surface area contributed by atoms with Crippen molar-refractivity contribution < 1.29 is 9.53 Å². The lowest BCUT2D eigenvalue weighted by Crippen LogP contribution is -2.31. The summed E-state index contributed by atoms with van der Waals surface area (Å²) in [6, 6.07) is 11.4. The number of amides is 1. The lowest BCUT2D eigenvalue weighted by atomic mass is 10.2. The summed E-state index contributed by atoms with van der Waals surface area (Å²) in [6.07, 6.45) is 0. The predicted molar refractivity (Wildman–Crippen MR) is 100 cm³/mol. The first-order valence-corrected chi connectivity index (χ1v) is 9.29. The maximum atomic E-state index is 12.8. The van der Waals surface area contributed by atoms with E-state index in [2.05, 4.69) is 15.2 Å². The number of methoxy groups -OCH3 is 1. The average molecular weight is 375 g/mol. The molecule has 0 radical (unpaired) electrons. The fraction of sp³-hybridized carbons (Fsp3) is 0.188. The van der Waals surface area contributed by atoms with Gasteiger partial charge in [-0.25, -0.2) is 5.10 Å². The number of carbonyl (C=O) groups excluding carboxylic acids is 1. The van der Waals surface area contributed by atoms with Crippen molar-refractivity contribution in [3.05, 3.63) is 46.7 Å². The standard InChI is InChI=1S/C16H17N5O2S2/c1-23-12-6-4-11(5-7-12)21(9-13-3-2-8-24-13)14(22)10-25-16-18-15(17)19-20-16/h2-8H,9-10H2,1H3,(H3,17,18,19,20). The van der Waals surface area contributed by atoms with Crippen LogP contribution in [0.4, 0.5) is 11.6 Å². The second-order valence-corrected chi connectivity index (χ2v) is 7.02. The smallest absolute Gasteiger partial charge is 0.237 e. The molecule has 1 aromatic carbocycles. The molecule has 130 valence electrons. The molecular weight excluding hydrogens is 358 g/mol. The number of thioether (sulfide) groups is 1. The maximum absolute atomic E-state index is 12.8. The number of nitrogens with zero attached hydrogens (tertiary/aromatic N) is 3. The molecule has 3 rings (SSSR count). The van der Waals surface area contributed by atoms with Gasteiger partial charge in [-0.2, -0.15) is 4.98 Å². The quantitative estimate of drug-likeness (QED) is 0.616. The number of carbonyl (C=O) groups is 1. The van der Waals surface area contributed by atoms with E-state index in [1.54, 1.807) is 23.3 Å². The Labute approximate surface area is 153 Å². The van der Waals surface area contributed by atoms with Gasteiger partial charge in [0.15, 0.2) is 0 Å². The zero-order valence-electron chi connectivity index (χ0n) is 13.5. The van der Waals surface area contributed by atoms with E-state index in [-0.39, 0.29) is 17.6 Å². The molecule has 2 aromatic heterocycles. The Morgan fingerprint density at radius 3 is 2.76 bits per heavy atom. The van der Waals surface area contributed by atoms with Crippen LogP contribution < -0.4 is 15.4 Å². The molecule has 0 aliphatic carbocycles. The van der Waals surface area contributed by atoms with Gasteiger partial charge in [0.1, 0.15) is 5.75 Å². The topological polar surface area (TPSA) is 97.1 Å². The fourth-order valence-electron chi connectivity index (χ4n) is 2.17. The molecule has 2 heterocycles. The summed E-state index contributed by atoms with van der Waals surface area (Å²) in [5, 5.41) is 8.95. The molecule has 7 nitrogen and oxygen atoms in total. The first-order valence-electron chi connectivity index (χ1n) is 7.43. The molecule has 0 unspecified atom stereocenters. The number of thiophene rings is 1. The second kappa shape index (κ2) is 8.04. The maximum Gasteiger partial charge on any atom is 0.237 e. The molecule has 0 aliphatic heterocycles. The third-order valence-electron chi connectivity index (χ3n) is 3.39. The van der Waals surface area contributed by atoms with E-state index in [0.29, 0.717) is 11.7 Å². The van der Waals surface area contributed by atoms with Gasteiger partial charge in [-0.15, -0.1) is 16.4 Å². The van der Waals surface area contributed by atoms with Crippen molar-refractivity contribution in [1.29, 1.82) is 0 Å². The average Bonchev–Trinajstić information content (AvgIpc) is 3.29. The predicted octanol–water partition coefficient (Wildman–Crippen LogP) is 2.78. The van der Waals surface area contributed by atoms with Crippen LogP contribution in [0.15, 0.2) is 46.9 Å². The van der Waals surface area contributed by atoms with Crippen molar-refractivity contribution in [2.75, 3.05) is 23.5 Å². The van der Waals surface area contributed by atoms with Crippen molar-refractivity contribution in [3.63, 3.8) is 0 Å². The molecule has 0 saturated carbocycles. The van der Waals surface area contributed by atoms with Crippen molar-refractivity contribution >= 4 is 40.6 Å². The number of aromatic amines is 1. The molecule has 0 bridgehead atoms. The Morgan fingerprint density at radius 1 is 1.36 bits per heavy atom. The van der Waals surface area contributed by atoms with Crippen LogP contribution in [0.25, 0.3) is 0 Å². The highest BCUT2D eigenvalue weighted by molar-refractivity contribution is 7.99. The fourth-order valence-corrected chi connectivity index (χ4v) is 3.55. The van der Waals surface area contributed by atoms with Crippen LogP contribution in [0.2, 0.25) is 0 Å². The highest BCUT2D eigenvalue weighted by atomic mass is 32.2. The lowest BCUT2D eigenvalue weighted by molar-refractivity contribution is -0.116. The molecule has 0 atom stereocenters. The third kappa shape index (κ3) is 4.52. The SMILES string of the molecule is COc1ccc(N(Cc2cccs2)C(=O)CSc2n[nH]c(N)n2)cc1. The van der Waals surface area contributed by atoms with Crippen LogP contribution in [0.3, 0.4) is 0 Å². The summed E-state index contributed by atoms with van der Waals surface area (Å²) in [5.41, 5.74) is 6.32. The molecule has 9 heteroatoms. The Kier molecular flexibility index (Phi) is 5.56.